The van der Waals surface area contributed by atoms with Gasteiger partial charge in [-0.15, -0.1) is 0 Å². The third kappa shape index (κ3) is 2.83. The molecule has 0 unspecified atom stereocenters. The van der Waals surface area contributed by atoms with Crippen molar-refractivity contribution in [3.05, 3.63) is 28.8 Å². The molecule has 0 heterocycles. The van der Waals surface area contributed by atoms with Crippen molar-refractivity contribution in [2.24, 2.45) is 4.99 Å². The fraction of sp³-hybridized carbons (Fsp3) is 0.533. The first-order chi connectivity index (χ1) is 8.02. The van der Waals surface area contributed by atoms with E-state index in [0.717, 1.165) is 12.1 Å². The van der Waals surface area contributed by atoms with Gasteiger partial charge in [0.05, 0.1) is 5.69 Å². The lowest BCUT2D eigenvalue weighted by atomic mass is 9.85. The predicted octanol–water partition coefficient (Wildman–Crippen LogP) is 4.46. The summed E-state index contributed by atoms with van der Waals surface area (Å²) in [6.45, 7) is 10.8. The van der Waals surface area contributed by atoms with Crippen LogP contribution in [0.25, 0.3) is 0 Å². The van der Waals surface area contributed by atoms with Crippen molar-refractivity contribution in [2.45, 2.75) is 52.9 Å². The van der Waals surface area contributed by atoms with Crippen LogP contribution in [0.15, 0.2) is 17.1 Å². The van der Waals surface area contributed by atoms with Crippen molar-refractivity contribution in [1.29, 1.82) is 0 Å². The highest BCUT2D eigenvalue weighted by Crippen LogP contribution is 2.36. The van der Waals surface area contributed by atoms with Crippen LogP contribution >= 0.6 is 0 Å². The van der Waals surface area contributed by atoms with Gasteiger partial charge in [-0.2, -0.15) is 4.99 Å². The maximum Gasteiger partial charge on any atom is 0.240 e. The number of nitrogens with zero attached hydrogens (tertiary/aromatic N) is 1. The van der Waals surface area contributed by atoms with E-state index in [9.17, 15) is 4.79 Å². The Hall–Kier alpha value is -1.40. The lowest BCUT2D eigenvalue weighted by Gasteiger charge is -2.21. The van der Waals surface area contributed by atoms with Crippen LogP contribution in [0.4, 0.5) is 5.69 Å². The van der Waals surface area contributed by atoms with Gasteiger partial charge in [-0.1, -0.05) is 40.7 Å². The molecule has 92 valence electrons. The Labute approximate surface area is 104 Å². The predicted molar refractivity (Wildman–Crippen MR) is 71.8 cm³/mol. The SMILES string of the molecule is CCc1ccc(N=C=O)c(C(C)C)c1C(C)C. The van der Waals surface area contributed by atoms with Gasteiger partial charge in [0.25, 0.3) is 0 Å². The Morgan fingerprint density at radius 3 is 2.12 bits per heavy atom. The van der Waals surface area contributed by atoms with Crippen molar-refractivity contribution in [3.8, 4) is 0 Å². The monoisotopic (exact) mass is 231 g/mol. The maximum atomic E-state index is 10.5. The molecule has 0 atom stereocenters. The molecule has 0 bridgehead atoms. The van der Waals surface area contributed by atoms with E-state index in [1.807, 2.05) is 6.07 Å². The molecular weight excluding hydrogens is 210 g/mol. The summed E-state index contributed by atoms with van der Waals surface area (Å²) in [4.78, 5) is 14.3. The molecular formula is C15H21NO. The summed E-state index contributed by atoms with van der Waals surface area (Å²) in [7, 11) is 0. The number of benzene rings is 1. The number of hydrogen-bond donors (Lipinski definition) is 0. The van der Waals surface area contributed by atoms with Crippen LogP contribution < -0.4 is 0 Å². The third-order valence-electron chi connectivity index (χ3n) is 3.06. The first kappa shape index (κ1) is 13.7. The van der Waals surface area contributed by atoms with Crippen molar-refractivity contribution < 1.29 is 4.79 Å². The van der Waals surface area contributed by atoms with Gasteiger partial charge in [-0.25, -0.2) is 4.79 Å². The number of hydrogen-bond acceptors (Lipinski definition) is 2. The fourth-order valence-corrected chi connectivity index (χ4v) is 2.41. The molecule has 17 heavy (non-hydrogen) atoms. The molecule has 1 rings (SSSR count). The summed E-state index contributed by atoms with van der Waals surface area (Å²) in [6.07, 6.45) is 2.67. The number of aryl methyl sites for hydroxylation is 1. The van der Waals surface area contributed by atoms with Crippen molar-refractivity contribution >= 4 is 11.8 Å². The van der Waals surface area contributed by atoms with Gasteiger partial charge in [-0.05, 0) is 41.0 Å². The smallest absolute Gasteiger partial charge is 0.211 e. The average Bonchev–Trinajstić information content (AvgIpc) is 2.28. The van der Waals surface area contributed by atoms with Gasteiger partial charge in [0, 0.05) is 0 Å². The van der Waals surface area contributed by atoms with E-state index in [-0.39, 0.29) is 0 Å². The van der Waals surface area contributed by atoms with Crippen molar-refractivity contribution in [2.75, 3.05) is 0 Å². The van der Waals surface area contributed by atoms with Crippen LogP contribution in [-0.2, 0) is 11.2 Å². The van der Waals surface area contributed by atoms with E-state index in [0.29, 0.717) is 11.8 Å². The van der Waals surface area contributed by atoms with E-state index < -0.39 is 0 Å². The zero-order valence-corrected chi connectivity index (χ0v) is 11.4. The molecule has 0 N–H and O–H groups in total. The molecule has 0 radical (unpaired) electrons. The van der Waals surface area contributed by atoms with Crippen LogP contribution in [0.5, 0.6) is 0 Å². The van der Waals surface area contributed by atoms with Gasteiger partial charge < -0.3 is 0 Å². The highest BCUT2D eigenvalue weighted by atomic mass is 16.1. The second-order valence-electron chi connectivity index (χ2n) is 4.94. The largest absolute Gasteiger partial charge is 0.240 e. The van der Waals surface area contributed by atoms with Crippen molar-refractivity contribution in [1.82, 2.24) is 0 Å². The van der Waals surface area contributed by atoms with Crippen LogP contribution in [0.3, 0.4) is 0 Å². The molecule has 0 saturated carbocycles. The first-order valence-electron chi connectivity index (χ1n) is 6.26. The summed E-state index contributed by atoms with van der Waals surface area (Å²) in [5.74, 6) is 0.815. The molecule has 1 aromatic carbocycles. The van der Waals surface area contributed by atoms with Crippen LogP contribution in [0.1, 0.15) is 63.1 Å². The highest BCUT2D eigenvalue weighted by molar-refractivity contribution is 5.60. The topological polar surface area (TPSA) is 29.4 Å². The Kier molecular flexibility index (Phi) is 4.65. The summed E-state index contributed by atoms with van der Waals surface area (Å²) >= 11 is 0. The second-order valence-corrected chi connectivity index (χ2v) is 4.94. The standard InChI is InChI=1S/C15H21NO/c1-6-12-7-8-13(16-9-17)15(11(4)5)14(12)10(2)3/h7-8,10-11H,6H2,1-5H3. The molecule has 2 heteroatoms. The van der Waals surface area contributed by atoms with E-state index >= 15 is 0 Å². The number of rotatable bonds is 4. The van der Waals surface area contributed by atoms with E-state index in [2.05, 4.69) is 45.7 Å². The molecule has 0 aliphatic carbocycles. The zero-order valence-electron chi connectivity index (χ0n) is 11.4. The molecule has 0 spiro atoms. The maximum absolute atomic E-state index is 10.5. The Bertz CT molecular complexity index is 440. The normalized spacial score (nSPS) is 10.8. The lowest BCUT2D eigenvalue weighted by Crippen LogP contribution is -2.03. The Morgan fingerprint density at radius 2 is 1.71 bits per heavy atom. The summed E-state index contributed by atoms with van der Waals surface area (Å²) in [5, 5.41) is 0. The fourth-order valence-electron chi connectivity index (χ4n) is 2.41. The molecule has 0 fully saturated rings. The van der Waals surface area contributed by atoms with E-state index in [1.54, 1.807) is 6.08 Å². The number of carbonyl (C=O) groups excluding carboxylic acids is 1. The minimum absolute atomic E-state index is 0.367. The number of aliphatic imine (C=N–C) groups is 1. The van der Waals surface area contributed by atoms with Gasteiger partial charge in [0.1, 0.15) is 0 Å². The van der Waals surface area contributed by atoms with Gasteiger partial charge in [0.15, 0.2) is 0 Å². The molecule has 0 aromatic heterocycles. The minimum Gasteiger partial charge on any atom is -0.211 e. The minimum atomic E-state index is 0.367. The van der Waals surface area contributed by atoms with Crippen molar-refractivity contribution in [3.63, 3.8) is 0 Å². The molecule has 2 nitrogen and oxygen atoms in total. The van der Waals surface area contributed by atoms with Crippen LogP contribution in [0.2, 0.25) is 0 Å². The Morgan fingerprint density at radius 1 is 1.12 bits per heavy atom. The first-order valence-corrected chi connectivity index (χ1v) is 6.26. The molecule has 0 aliphatic rings. The summed E-state index contributed by atoms with van der Waals surface area (Å²) < 4.78 is 0. The molecule has 0 saturated heterocycles. The van der Waals surface area contributed by atoms with E-state index in [4.69, 9.17) is 0 Å². The zero-order chi connectivity index (χ0) is 13.0. The lowest BCUT2D eigenvalue weighted by molar-refractivity contribution is 0.565. The molecule has 0 aliphatic heterocycles. The van der Waals surface area contributed by atoms with Gasteiger partial charge in [-0.3, -0.25) is 0 Å². The summed E-state index contributed by atoms with van der Waals surface area (Å²) in [6, 6.07) is 4.02. The van der Waals surface area contributed by atoms with Gasteiger partial charge in [0.2, 0.25) is 6.08 Å². The van der Waals surface area contributed by atoms with Crippen LogP contribution in [-0.4, -0.2) is 6.08 Å². The molecule has 0 amide bonds. The molecule has 1 aromatic rings. The quantitative estimate of drug-likeness (QED) is 0.555. The second kappa shape index (κ2) is 5.79. The summed E-state index contributed by atoms with van der Waals surface area (Å²) in [5.41, 5.74) is 4.67. The third-order valence-corrected chi connectivity index (χ3v) is 3.06. The number of isocyanates is 1. The van der Waals surface area contributed by atoms with E-state index in [1.165, 1.54) is 16.7 Å². The highest BCUT2D eigenvalue weighted by Gasteiger charge is 2.17. The Balaban J connectivity index is 3.58. The van der Waals surface area contributed by atoms with Gasteiger partial charge >= 0.3 is 0 Å². The van der Waals surface area contributed by atoms with Crippen LogP contribution in [0, 0.1) is 0 Å². The average molecular weight is 231 g/mol.